The van der Waals surface area contributed by atoms with E-state index < -0.39 is 0 Å². The van der Waals surface area contributed by atoms with Crippen molar-refractivity contribution in [3.8, 4) is 0 Å². The van der Waals surface area contributed by atoms with Gasteiger partial charge < -0.3 is 0 Å². The Morgan fingerprint density at radius 2 is 1.79 bits per heavy atom. The molecule has 0 fully saturated rings. The van der Waals surface area contributed by atoms with E-state index in [1.807, 2.05) is 0 Å². The van der Waals surface area contributed by atoms with Crippen LogP contribution >= 0.6 is 15.9 Å². The Hall–Kier alpha value is -0.300. The smallest absolute Gasteiger partial charge is 0.0175 e. The lowest BCUT2D eigenvalue weighted by Gasteiger charge is -2.14. The highest BCUT2D eigenvalue weighted by molar-refractivity contribution is 9.10. The number of rotatable bonds is 5. The molecular formula is C13H19Br. The van der Waals surface area contributed by atoms with Crippen molar-refractivity contribution in [2.45, 2.75) is 45.4 Å². The van der Waals surface area contributed by atoms with Crippen molar-refractivity contribution in [2.24, 2.45) is 0 Å². The third kappa shape index (κ3) is 3.45. The summed E-state index contributed by atoms with van der Waals surface area (Å²) in [6.07, 6.45) is 5.22. The highest BCUT2D eigenvalue weighted by Crippen LogP contribution is 2.26. The molecule has 0 N–H and O–H groups in total. The zero-order chi connectivity index (χ0) is 10.4. The Balaban J connectivity index is 2.64. The predicted molar refractivity (Wildman–Crippen MR) is 66.7 cm³/mol. The van der Waals surface area contributed by atoms with Gasteiger partial charge >= 0.3 is 0 Å². The molecule has 0 aliphatic rings. The molecule has 1 aromatic rings. The molecule has 0 amide bonds. The third-order valence-corrected chi connectivity index (χ3v) is 3.27. The molecule has 0 bridgehead atoms. The molecule has 78 valence electrons. The lowest BCUT2D eigenvalue weighted by atomic mass is 9.91. The second-order valence-electron chi connectivity index (χ2n) is 3.80. The molecule has 0 aliphatic carbocycles. The summed E-state index contributed by atoms with van der Waals surface area (Å²) in [7, 11) is 0. The average Bonchev–Trinajstić information content (AvgIpc) is 2.21. The fourth-order valence-corrected chi connectivity index (χ4v) is 2.06. The van der Waals surface area contributed by atoms with Crippen molar-refractivity contribution in [3.63, 3.8) is 0 Å². The van der Waals surface area contributed by atoms with E-state index >= 15 is 0 Å². The van der Waals surface area contributed by atoms with Gasteiger partial charge in [0.1, 0.15) is 0 Å². The summed E-state index contributed by atoms with van der Waals surface area (Å²) in [6, 6.07) is 8.77. The van der Waals surface area contributed by atoms with Gasteiger partial charge in [0.15, 0.2) is 0 Å². The van der Waals surface area contributed by atoms with Crippen LogP contribution in [-0.2, 0) is 0 Å². The number of hydrogen-bond donors (Lipinski definition) is 0. The molecule has 0 unspecified atom stereocenters. The van der Waals surface area contributed by atoms with Crippen molar-refractivity contribution >= 4 is 15.9 Å². The first-order valence-corrected chi connectivity index (χ1v) is 6.32. The van der Waals surface area contributed by atoms with Crippen molar-refractivity contribution < 1.29 is 0 Å². The number of benzene rings is 1. The van der Waals surface area contributed by atoms with E-state index in [0.717, 1.165) is 5.92 Å². The fourth-order valence-electron chi connectivity index (χ4n) is 1.79. The summed E-state index contributed by atoms with van der Waals surface area (Å²) in [6.45, 7) is 4.54. The number of hydrogen-bond acceptors (Lipinski definition) is 0. The maximum atomic E-state index is 3.47. The van der Waals surface area contributed by atoms with Crippen LogP contribution in [0.25, 0.3) is 0 Å². The Kier molecular flexibility index (Phi) is 5.24. The van der Waals surface area contributed by atoms with E-state index in [4.69, 9.17) is 0 Å². The minimum Gasteiger partial charge on any atom is -0.0654 e. The molecule has 0 aromatic heterocycles. The van der Waals surface area contributed by atoms with E-state index in [9.17, 15) is 0 Å². The first-order chi connectivity index (χ1) is 6.77. The SMILES string of the molecule is CCCC[C@H](CC)c1ccc(Br)cc1. The first kappa shape index (κ1) is 11.8. The van der Waals surface area contributed by atoms with Crippen LogP contribution in [0.15, 0.2) is 28.7 Å². The van der Waals surface area contributed by atoms with Crippen molar-refractivity contribution in [1.29, 1.82) is 0 Å². The molecule has 0 heterocycles. The molecule has 1 aromatic carbocycles. The summed E-state index contributed by atoms with van der Waals surface area (Å²) < 4.78 is 1.17. The molecule has 0 spiro atoms. The number of halogens is 1. The Labute approximate surface area is 95.9 Å². The summed E-state index contributed by atoms with van der Waals surface area (Å²) in [5.41, 5.74) is 1.49. The van der Waals surface area contributed by atoms with Gasteiger partial charge in [0.2, 0.25) is 0 Å². The maximum absolute atomic E-state index is 3.47. The normalized spacial score (nSPS) is 12.8. The van der Waals surface area contributed by atoms with Crippen molar-refractivity contribution in [3.05, 3.63) is 34.3 Å². The zero-order valence-electron chi connectivity index (χ0n) is 9.09. The molecule has 1 rings (SSSR count). The van der Waals surface area contributed by atoms with Gasteiger partial charge in [-0.3, -0.25) is 0 Å². The minimum atomic E-state index is 0.753. The quantitative estimate of drug-likeness (QED) is 0.683. The van der Waals surface area contributed by atoms with Crippen LogP contribution in [0.3, 0.4) is 0 Å². The predicted octanol–water partition coefficient (Wildman–Crippen LogP) is 5.13. The molecule has 1 atom stereocenters. The summed E-state index contributed by atoms with van der Waals surface area (Å²) in [4.78, 5) is 0. The van der Waals surface area contributed by atoms with Crippen LogP contribution in [0.4, 0.5) is 0 Å². The first-order valence-electron chi connectivity index (χ1n) is 5.53. The van der Waals surface area contributed by atoms with Crippen LogP contribution < -0.4 is 0 Å². The van der Waals surface area contributed by atoms with E-state index in [1.54, 1.807) is 0 Å². The summed E-state index contributed by atoms with van der Waals surface area (Å²) >= 11 is 3.47. The molecule has 0 radical (unpaired) electrons. The van der Waals surface area contributed by atoms with Gasteiger partial charge in [-0.1, -0.05) is 54.8 Å². The highest BCUT2D eigenvalue weighted by Gasteiger charge is 2.07. The Morgan fingerprint density at radius 1 is 1.14 bits per heavy atom. The van der Waals surface area contributed by atoms with E-state index in [-0.39, 0.29) is 0 Å². The summed E-state index contributed by atoms with van der Waals surface area (Å²) in [5.74, 6) is 0.753. The van der Waals surface area contributed by atoms with Gasteiger partial charge in [0, 0.05) is 4.47 Å². The molecule has 14 heavy (non-hydrogen) atoms. The molecular weight excluding hydrogens is 236 g/mol. The minimum absolute atomic E-state index is 0.753. The topological polar surface area (TPSA) is 0 Å². The van der Waals surface area contributed by atoms with Gasteiger partial charge in [-0.25, -0.2) is 0 Å². The van der Waals surface area contributed by atoms with Crippen LogP contribution in [0.1, 0.15) is 51.0 Å². The van der Waals surface area contributed by atoms with Crippen molar-refractivity contribution in [1.82, 2.24) is 0 Å². The van der Waals surface area contributed by atoms with Crippen LogP contribution in [-0.4, -0.2) is 0 Å². The standard InChI is InChI=1S/C13H19Br/c1-3-5-6-11(4-2)12-7-9-13(14)10-8-12/h7-11H,3-6H2,1-2H3/t11-/m0/s1. The number of unbranched alkanes of at least 4 members (excludes halogenated alkanes) is 1. The lowest BCUT2D eigenvalue weighted by Crippen LogP contribution is -1.96. The van der Waals surface area contributed by atoms with Crippen LogP contribution in [0.5, 0.6) is 0 Å². The third-order valence-electron chi connectivity index (χ3n) is 2.74. The molecule has 1 heteroatoms. The highest BCUT2D eigenvalue weighted by atomic mass is 79.9. The summed E-state index contributed by atoms with van der Waals surface area (Å²) in [5, 5.41) is 0. The van der Waals surface area contributed by atoms with E-state index in [1.165, 1.54) is 35.7 Å². The second-order valence-corrected chi connectivity index (χ2v) is 4.71. The molecule has 0 saturated heterocycles. The van der Waals surface area contributed by atoms with Gasteiger partial charge in [-0.2, -0.15) is 0 Å². The van der Waals surface area contributed by atoms with Crippen molar-refractivity contribution in [2.75, 3.05) is 0 Å². The Morgan fingerprint density at radius 3 is 2.29 bits per heavy atom. The largest absolute Gasteiger partial charge is 0.0654 e. The van der Waals surface area contributed by atoms with Crippen LogP contribution in [0.2, 0.25) is 0 Å². The average molecular weight is 255 g/mol. The Bertz CT molecular complexity index is 250. The molecule has 0 nitrogen and oxygen atoms in total. The van der Waals surface area contributed by atoms with Gasteiger partial charge in [0.05, 0.1) is 0 Å². The van der Waals surface area contributed by atoms with Gasteiger partial charge in [-0.05, 0) is 36.5 Å². The molecule has 0 aliphatic heterocycles. The van der Waals surface area contributed by atoms with E-state index in [2.05, 4.69) is 54.0 Å². The van der Waals surface area contributed by atoms with Gasteiger partial charge in [-0.15, -0.1) is 0 Å². The zero-order valence-corrected chi connectivity index (χ0v) is 10.7. The monoisotopic (exact) mass is 254 g/mol. The second kappa shape index (κ2) is 6.23. The van der Waals surface area contributed by atoms with E-state index in [0.29, 0.717) is 0 Å². The molecule has 0 saturated carbocycles. The van der Waals surface area contributed by atoms with Crippen LogP contribution in [0, 0.1) is 0 Å². The fraction of sp³-hybridized carbons (Fsp3) is 0.538. The lowest BCUT2D eigenvalue weighted by molar-refractivity contribution is 0.570. The van der Waals surface area contributed by atoms with Gasteiger partial charge in [0.25, 0.3) is 0 Å². The maximum Gasteiger partial charge on any atom is 0.0175 e.